The maximum atomic E-state index is 5.55. The van der Waals surface area contributed by atoms with E-state index in [1.165, 1.54) is 23.3 Å². The number of benzene rings is 1. The fraction of sp³-hybridized carbons (Fsp3) is 0.450. The van der Waals surface area contributed by atoms with Crippen LogP contribution in [0.2, 0.25) is 0 Å². The molecule has 0 aliphatic heterocycles. The molecule has 1 heterocycles. The molecule has 3 rings (SSSR count). The first kappa shape index (κ1) is 21.0. The second-order valence-electron chi connectivity index (χ2n) is 6.70. The van der Waals surface area contributed by atoms with Gasteiger partial charge < -0.3 is 15.4 Å². The molecule has 4 nitrogen and oxygen atoms in total. The Kier molecular flexibility index (Phi) is 7.76. The quantitative estimate of drug-likeness (QED) is 0.348. The zero-order chi connectivity index (χ0) is 17.7. The van der Waals surface area contributed by atoms with E-state index < -0.39 is 0 Å². The van der Waals surface area contributed by atoms with Gasteiger partial charge in [0.05, 0.1) is 7.11 Å². The summed E-state index contributed by atoms with van der Waals surface area (Å²) in [6, 6.07) is 12.6. The van der Waals surface area contributed by atoms with E-state index in [1.54, 1.807) is 18.4 Å². The van der Waals surface area contributed by atoms with Crippen molar-refractivity contribution in [2.24, 2.45) is 4.99 Å². The summed E-state index contributed by atoms with van der Waals surface area (Å²) in [5.74, 6) is 2.32. The first-order valence-electron chi connectivity index (χ1n) is 8.80. The van der Waals surface area contributed by atoms with Gasteiger partial charge in [-0.3, -0.25) is 4.99 Å². The molecule has 0 amide bonds. The lowest BCUT2D eigenvalue weighted by Gasteiger charge is -2.21. The fourth-order valence-corrected chi connectivity index (χ4v) is 3.96. The largest absolute Gasteiger partial charge is 0.496 e. The van der Waals surface area contributed by atoms with Gasteiger partial charge >= 0.3 is 0 Å². The Morgan fingerprint density at radius 2 is 2.00 bits per heavy atom. The highest BCUT2D eigenvalue weighted by molar-refractivity contribution is 14.0. The van der Waals surface area contributed by atoms with Crippen LogP contribution in [-0.4, -0.2) is 33.2 Å². The van der Waals surface area contributed by atoms with Gasteiger partial charge in [0.25, 0.3) is 0 Å². The van der Waals surface area contributed by atoms with Crippen molar-refractivity contribution in [3.63, 3.8) is 0 Å². The fourth-order valence-electron chi connectivity index (χ4n) is 3.17. The first-order chi connectivity index (χ1) is 12.2. The number of nitrogens with one attached hydrogen (secondary N) is 2. The predicted molar refractivity (Wildman–Crippen MR) is 121 cm³/mol. The molecule has 2 aromatic rings. The van der Waals surface area contributed by atoms with E-state index in [-0.39, 0.29) is 29.4 Å². The lowest BCUT2D eigenvalue weighted by atomic mass is 9.95. The molecule has 142 valence electrons. The first-order valence-corrected chi connectivity index (χ1v) is 9.68. The molecule has 0 spiro atoms. The van der Waals surface area contributed by atoms with Crippen molar-refractivity contribution < 1.29 is 4.74 Å². The van der Waals surface area contributed by atoms with Crippen molar-refractivity contribution in [1.29, 1.82) is 0 Å². The van der Waals surface area contributed by atoms with Crippen LogP contribution < -0.4 is 15.4 Å². The zero-order valence-electron chi connectivity index (χ0n) is 15.6. The molecular weight excluding hydrogens is 457 g/mol. The number of hydrogen-bond acceptors (Lipinski definition) is 3. The Hall–Kier alpha value is -1.28. The predicted octanol–water partition coefficient (Wildman–Crippen LogP) is 4.38. The smallest absolute Gasteiger partial charge is 0.191 e. The van der Waals surface area contributed by atoms with E-state index in [2.05, 4.69) is 52.2 Å². The standard InChI is InChI=1S/C20H27N3OS.HI/c1-15(18-9-6-12-25-18)13-22-19(21-2)23-14-20(10-11-20)16-7-4-5-8-17(16)24-3;/h4-9,12,15H,10-11,13-14H2,1-3H3,(H2,21,22,23);1H. The number of aliphatic imine (C=N–C) groups is 1. The number of ether oxygens (including phenoxy) is 1. The van der Waals surface area contributed by atoms with E-state index in [1.807, 2.05) is 19.2 Å². The van der Waals surface area contributed by atoms with Crippen molar-refractivity contribution in [3.8, 4) is 5.75 Å². The van der Waals surface area contributed by atoms with Crippen LogP contribution in [0.5, 0.6) is 5.75 Å². The maximum absolute atomic E-state index is 5.55. The van der Waals surface area contributed by atoms with Crippen molar-refractivity contribution in [2.75, 3.05) is 27.2 Å². The van der Waals surface area contributed by atoms with Crippen LogP contribution in [0, 0.1) is 0 Å². The highest BCUT2D eigenvalue weighted by Crippen LogP contribution is 2.50. The van der Waals surface area contributed by atoms with Gasteiger partial charge in [0, 0.05) is 41.9 Å². The normalized spacial score (nSPS) is 16.3. The van der Waals surface area contributed by atoms with E-state index in [0.29, 0.717) is 5.92 Å². The number of hydrogen-bond donors (Lipinski definition) is 2. The van der Waals surface area contributed by atoms with Crippen molar-refractivity contribution in [3.05, 3.63) is 52.2 Å². The van der Waals surface area contributed by atoms with Crippen LogP contribution in [0.1, 0.15) is 36.1 Å². The Bertz CT molecular complexity index is 714. The Labute approximate surface area is 177 Å². The molecule has 0 saturated heterocycles. The molecule has 1 atom stereocenters. The van der Waals surface area contributed by atoms with Gasteiger partial charge in [-0.2, -0.15) is 0 Å². The van der Waals surface area contributed by atoms with Crippen LogP contribution >= 0.6 is 35.3 Å². The molecule has 1 aromatic heterocycles. The summed E-state index contributed by atoms with van der Waals surface area (Å²) < 4.78 is 5.55. The third-order valence-electron chi connectivity index (χ3n) is 4.95. The number of para-hydroxylation sites is 1. The molecule has 26 heavy (non-hydrogen) atoms. The van der Waals surface area contributed by atoms with Crippen LogP contribution in [0.4, 0.5) is 0 Å². The van der Waals surface area contributed by atoms with Crippen LogP contribution in [0.3, 0.4) is 0 Å². The number of guanidine groups is 1. The van der Waals surface area contributed by atoms with Crippen LogP contribution in [0.15, 0.2) is 46.8 Å². The van der Waals surface area contributed by atoms with E-state index in [9.17, 15) is 0 Å². The number of halogens is 1. The average molecular weight is 485 g/mol. The highest BCUT2D eigenvalue weighted by Gasteiger charge is 2.46. The second kappa shape index (κ2) is 9.60. The minimum absolute atomic E-state index is 0. The van der Waals surface area contributed by atoms with Gasteiger partial charge in [0.1, 0.15) is 5.75 Å². The maximum Gasteiger partial charge on any atom is 0.191 e. The summed E-state index contributed by atoms with van der Waals surface area (Å²) in [6.07, 6.45) is 2.37. The summed E-state index contributed by atoms with van der Waals surface area (Å²) in [5.41, 5.74) is 1.47. The second-order valence-corrected chi connectivity index (χ2v) is 7.68. The van der Waals surface area contributed by atoms with Gasteiger partial charge in [-0.05, 0) is 30.4 Å². The summed E-state index contributed by atoms with van der Waals surface area (Å²) in [4.78, 5) is 5.77. The van der Waals surface area contributed by atoms with Crippen molar-refractivity contribution in [1.82, 2.24) is 10.6 Å². The third kappa shape index (κ3) is 4.91. The summed E-state index contributed by atoms with van der Waals surface area (Å²) in [7, 11) is 3.57. The van der Waals surface area contributed by atoms with E-state index in [4.69, 9.17) is 4.74 Å². The van der Waals surface area contributed by atoms with E-state index in [0.717, 1.165) is 24.8 Å². The zero-order valence-corrected chi connectivity index (χ0v) is 18.8. The van der Waals surface area contributed by atoms with Gasteiger partial charge in [-0.15, -0.1) is 35.3 Å². The molecule has 2 N–H and O–H groups in total. The molecular formula is C20H28IN3OS. The molecule has 1 aliphatic rings. The Balaban J connectivity index is 0.00000243. The molecule has 1 unspecified atom stereocenters. The molecule has 6 heteroatoms. The average Bonchev–Trinajstić information content (AvgIpc) is 3.23. The number of rotatable bonds is 7. The molecule has 0 radical (unpaired) electrons. The monoisotopic (exact) mass is 485 g/mol. The summed E-state index contributed by atoms with van der Waals surface area (Å²) >= 11 is 1.81. The molecule has 1 saturated carbocycles. The van der Waals surface area contributed by atoms with Gasteiger partial charge in [0.15, 0.2) is 5.96 Å². The Morgan fingerprint density at radius 1 is 1.23 bits per heavy atom. The topological polar surface area (TPSA) is 45.7 Å². The van der Waals surface area contributed by atoms with Gasteiger partial charge in [-0.1, -0.05) is 31.2 Å². The van der Waals surface area contributed by atoms with E-state index >= 15 is 0 Å². The Morgan fingerprint density at radius 3 is 2.62 bits per heavy atom. The minimum Gasteiger partial charge on any atom is -0.496 e. The molecule has 1 aliphatic carbocycles. The molecule has 0 bridgehead atoms. The number of methoxy groups -OCH3 is 1. The van der Waals surface area contributed by atoms with Crippen LogP contribution in [-0.2, 0) is 5.41 Å². The SMILES string of the molecule is CN=C(NCC(C)c1cccs1)NCC1(c2ccccc2OC)CC1.I. The third-order valence-corrected chi connectivity index (χ3v) is 6.06. The number of thiophene rings is 1. The van der Waals surface area contributed by atoms with Crippen LogP contribution in [0.25, 0.3) is 0 Å². The van der Waals surface area contributed by atoms with Crippen molar-refractivity contribution >= 4 is 41.3 Å². The van der Waals surface area contributed by atoms with Gasteiger partial charge in [-0.25, -0.2) is 0 Å². The highest BCUT2D eigenvalue weighted by atomic mass is 127. The summed E-state index contributed by atoms with van der Waals surface area (Å²) in [5, 5.41) is 9.09. The minimum atomic E-state index is 0. The lowest BCUT2D eigenvalue weighted by Crippen LogP contribution is -2.42. The number of nitrogens with zero attached hydrogens (tertiary/aromatic N) is 1. The van der Waals surface area contributed by atoms with Crippen molar-refractivity contribution in [2.45, 2.75) is 31.1 Å². The van der Waals surface area contributed by atoms with Gasteiger partial charge in [0.2, 0.25) is 0 Å². The lowest BCUT2D eigenvalue weighted by molar-refractivity contribution is 0.403. The summed E-state index contributed by atoms with van der Waals surface area (Å²) in [6.45, 7) is 3.99. The molecule has 1 fully saturated rings. The molecule has 1 aromatic carbocycles.